The van der Waals surface area contributed by atoms with Gasteiger partial charge in [0.25, 0.3) is 0 Å². The highest BCUT2D eigenvalue weighted by Gasteiger charge is 2.39. The first-order chi connectivity index (χ1) is 8.45. The maximum Gasteiger partial charge on any atom is 0.322 e. The first-order valence-electron chi connectivity index (χ1n) is 6.37. The fourth-order valence-corrected chi connectivity index (χ4v) is 2.80. The highest BCUT2D eigenvalue weighted by molar-refractivity contribution is 5.75. The van der Waals surface area contributed by atoms with Gasteiger partial charge in [-0.3, -0.25) is 10.1 Å². The zero-order valence-corrected chi connectivity index (χ0v) is 11.5. The predicted molar refractivity (Wildman–Crippen MR) is 71.3 cm³/mol. The number of fused-ring (bicyclic) bond motifs is 1. The molecule has 0 aromatic heterocycles. The molecule has 0 saturated carbocycles. The van der Waals surface area contributed by atoms with Crippen molar-refractivity contribution in [3.05, 3.63) is 35.4 Å². The van der Waals surface area contributed by atoms with Gasteiger partial charge in [-0.1, -0.05) is 38.1 Å². The van der Waals surface area contributed by atoms with Gasteiger partial charge in [0.15, 0.2) is 0 Å². The van der Waals surface area contributed by atoms with Crippen molar-refractivity contribution in [2.24, 2.45) is 5.41 Å². The molecule has 0 spiro atoms. The zero-order chi connectivity index (χ0) is 13.3. The van der Waals surface area contributed by atoms with E-state index in [1.54, 1.807) is 0 Å². The summed E-state index contributed by atoms with van der Waals surface area (Å²) in [5, 5.41) is 3.40. The normalized spacial score (nSPS) is 22.3. The van der Waals surface area contributed by atoms with Crippen molar-refractivity contribution in [3.63, 3.8) is 0 Å². The molecule has 1 aliphatic rings. The first kappa shape index (κ1) is 13.1. The van der Waals surface area contributed by atoms with Gasteiger partial charge in [-0.2, -0.15) is 0 Å². The van der Waals surface area contributed by atoms with Crippen molar-refractivity contribution in [3.8, 4) is 0 Å². The van der Waals surface area contributed by atoms with Gasteiger partial charge < -0.3 is 4.74 Å². The Bertz CT molecular complexity index is 454. The Morgan fingerprint density at radius 2 is 2.11 bits per heavy atom. The number of benzene rings is 1. The van der Waals surface area contributed by atoms with Gasteiger partial charge in [0.2, 0.25) is 0 Å². The standard InChI is InChI=1S/C15H21NO2/c1-10(14(17)18-4)16-13-12-8-6-5-7-11(12)9-15(13,2)3/h5-8,10,13,16H,9H2,1-4H3. The lowest BCUT2D eigenvalue weighted by Gasteiger charge is -2.30. The molecular formula is C15H21NO2. The number of hydrogen-bond acceptors (Lipinski definition) is 3. The SMILES string of the molecule is COC(=O)C(C)NC1c2ccccc2CC1(C)C. The summed E-state index contributed by atoms with van der Waals surface area (Å²) in [6.45, 7) is 6.31. The molecule has 0 aliphatic heterocycles. The fourth-order valence-electron chi connectivity index (χ4n) is 2.80. The summed E-state index contributed by atoms with van der Waals surface area (Å²) in [6, 6.07) is 8.35. The molecule has 0 radical (unpaired) electrons. The van der Waals surface area contributed by atoms with E-state index in [1.165, 1.54) is 18.2 Å². The molecule has 0 heterocycles. The van der Waals surface area contributed by atoms with E-state index in [0.717, 1.165) is 6.42 Å². The number of carbonyl (C=O) groups excluding carboxylic acids is 1. The Morgan fingerprint density at radius 3 is 2.78 bits per heavy atom. The molecule has 0 fully saturated rings. The quantitative estimate of drug-likeness (QED) is 0.834. The molecule has 1 aromatic carbocycles. The lowest BCUT2D eigenvalue weighted by atomic mass is 9.85. The molecule has 2 rings (SSSR count). The van der Waals surface area contributed by atoms with Gasteiger partial charge in [0.1, 0.15) is 6.04 Å². The number of hydrogen-bond donors (Lipinski definition) is 1. The van der Waals surface area contributed by atoms with Crippen LogP contribution in [0.15, 0.2) is 24.3 Å². The Balaban J connectivity index is 2.23. The van der Waals surface area contributed by atoms with Gasteiger partial charge in [-0.15, -0.1) is 0 Å². The van der Waals surface area contributed by atoms with Crippen molar-refractivity contribution in [2.75, 3.05) is 7.11 Å². The minimum Gasteiger partial charge on any atom is -0.468 e. The summed E-state index contributed by atoms with van der Waals surface area (Å²) in [5.41, 5.74) is 2.79. The van der Waals surface area contributed by atoms with Crippen LogP contribution in [0.1, 0.15) is 37.9 Å². The predicted octanol–water partition coefficient (Wildman–Crippen LogP) is 2.46. The van der Waals surface area contributed by atoms with Gasteiger partial charge >= 0.3 is 5.97 Å². The Labute approximate surface area is 109 Å². The average Bonchev–Trinajstić information content (AvgIpc) is 2.59. The number of rotatable bonds is 3. The largest absolute Gasteiger partial charge is 0.468 e. The molecule has 18 heavy (non-hydrogen) atoms. The summed E-state index contributed by atoms with van der Waals surface area (Å²) >= 11 is 0. The second-order valence-corrected chi connectivity index (χ2v) is 5.71. The van der Waals surface area contributed by atoms with Crippen LogP contribution < -0.4 is 5.32 Å². The van der Waals surface area contributed by atoms with Crippen LogP contribution in [-0.4, -0.2) is 19.1 Å². The molecule has 2 unspecified atom stereocenters. The van der Waals surface area contributed by atoms with E-state index in [-0.39, 0.29) is 23.5 Å². The van der Waals surface area contributed by atoms with Crippen molar-refractivity contribution in [1.82, 2.24) is 5.32 Å². The summed E-state index contributed by atoms with van der Waals surface area (Å²) in [5.74, 6) is -0.213. The fraction of sp³-hybridized carbons (Fsp3) is 0.533. The molecule has 0 amide bonds. The Morgan fingerprint density at radius 1 is 1.44 bits per heavy atom. The van der Waals surface area contributed by atoms with E-state index in [4.69, 9.17) is 4.74 Å². The average molecular weight is 247 g/mol. The van der Waals surface area contributed by atoms with Crippen molar-refractivity contribution >= 4 is 5.97 Å². The number of carbonyl (C=O) groups is 1. The second-order valence-electron chi connectivity index (χ2n) is 5.71. The highest BCUT2D eigenvalue weighted by Crippen LogP contribution is 2.45. The maximum absolute atomic E-state index is 11.5. The third-order valence-corrected chi connectivity index (χ3v) is 3.77. The molecule has 2 atom stereocenters. The molecule has 1 aliphatic carbocycles. The summed E-state index contributed by atoms with van der Waals surface area (Å²) in [6.07, 6.45) is 1.04. The summed E-state index contributed by atoms with van der Waals surface area (Å²) < 4.78 is 4.78. The van der Waals surface area contributed by atoms with Crippen LogP contribution in [0.25, 0.3) is 0 Å². The van der Waals surface area contributed by atoms with Crippen molar-refractivity contribution < 1.29 is 9.53 Å². The number of esters is 1. The van der Waals surface area contributed by atoms with Crippen molar-refractivity contribution in [1.29, 1.82) is 0 Å². The molecule has 3 nitrogen and oxygen atoms in total. The van der Waals surface area contributed by atoms with E-state index in [2.05, 4.69) is 43.4 Å². The zero-order valence-electron chi connectivity index (χ0n) is 11.5. The smallest absolute Gasteiger partial charge is 0.322 e. The number of methoxy groups -OCH3 is 1. The van der Waals surface area contributed by atoms with Gasteiger partial charge in [-0.05, 0) is 29.9 Å². The van der Waals surface area contributed by atoms with E-state index in [9.17, 15) is 4.79 Å². The van der Waals surface area contributed by atoms with Crippen LogP contribution in [0.2, 0.25) is 0 Å². The molecular weight excluding hydrogens is 226 g/mol. The van der Waals surface area contributed by atoms with E-state index < -0.39 is 0 Å². The van der Waals surface area contributed by atoms with Crippen LogP contribution in [0.4, 0.5) is 0 Å². The highest BCUT2D eigenvalue weighted by atomic mass is 16.5. The Kier molecular flexibility index (Phi) is 3.44. The molecule has 3 heteroatoms. The number of ether oxygens (including phenoxy) is 1. The number of nitrogens with one attached hydrogen (secondary N) is 1. The monoisotopic (exact) mass is 247 g/mol. The third-order valence-electron chi connectivity index (χ3n) is 3.77. The molecule has 1 aromatic rings. The molecule has 98 valence electrons. The van der Waals surface area contributed by atoms with Gasteiger partial charge in [0.05, 0.1) is 7.11 Å². The molecule has 0 bridgehead atoms. The third kappa shape index (κ3) is 2.27. The lowest BCUT2D eigenvalue weighted by molar-refractivity contribution is -0.143. The van der Waals surface area contributed by atoms with E-state index >= 15 is 0 Å². The van der Waals surface area contributed by atoms with Crippen LogP contribution in [0, 0.1) is 5.41 Å². The summed E-state index contributed by atoms with van der Waals surface area (Å²) in [7, 11) is 1.42. The lowest BCUT2D eigenvalue weighted by Crippen LogP contribution is -2.41. The van der Waals surface area contributed by atoms with Gasteiger partial charge in [-0.25, -0.2) is 0 Å². The minimum absolute atomic E-state index is 0.117. The van der Waals surface area contributed by atoms with Crippen LogP contribution >= 0.6 is 0 Å². The summed E-state index contributed by atoms with van der Waals surface area (Å²) in [4.78, 5) is 11.5. The van der Waals surface area contributed by atoms with Crippen LogP contribution in [0.5, 0.6) is 0 Å². The minimum atomic E-state index is -0.287. The second kappa shape index (κ2) is 4.73. The maximum atomic E-state index is 11.5. The van der Waals surface area contributed by atoms with E-state index in [1.807, 2.05) is 6.92 Å². The molecule has 0 saturated heterocycles. The van der Waals surface area contributed by atoms with Crippen LogP contribution in [0.3, 0.4) is 0 Å². The Hall–Kier alpha value is -1.35. The topological polar surface area (TPSA) is 38.3 Å². The molecule has 1 N–H and O–H groups in total. The first-order valence-corrected chi connectivity index (χ1v) is 6.37. The van der Waals surface area contributed by atoms with Crippen LogP contribution in [-0.2, 0) is 16.0 Å². The van der Waals surface area contributed by atoms with E-state index in [0.29, 0.717) is 0 Å². The van der Waals surface area contributed by atoms with Crippen molar-refractivity contribution in [2.45, 2.75) is 39.3 Å². The van der Waals surface area contributed by atoms with Gasteiger partial charge in [0, 0.05) is 6.04 Å².